The van der Waals surface area contributed by atoms with E-state index in [4.69, 9.17) is 0 Å². The van der Waals surface area contributed by atoms with Crippen molar-refractivity contribution in [2.45, 2.75) is 6.54 Å². The number of fused-ring (bicyclic) bond motifs is 1. The molecule has 0 amide bonds. The van der Waals surface area contributed by atoms with Crippen LogP contribution >= 0.6 is 0 Å². The second-order valence-corrected chi connectivity index (χ2v) is 6.92. The number of anilines is 1. The molecule has 1 saturated heterocycles. The van der Waals surface area contributed by atoms with E-state index >= 15 is 0 Å². The third-order valence-corrected chi connectivity index (χ3v) is 5.24. The van der Waals surface area contributed by atoms with Gasteiger partial charge in [0, 0.05) is 59.4 Å². The monoisotopic (exact) mass is 386 g/mol. The molecule has 0 saturated carbocycles. The number of hydrogen-bond donors (Lipinski definition) is 1. The third-order valence-electron chi connectivity index (χ3n) is 5.24. The van der Waals surface area contributed by atoms with Crippen LogP contribution in [0.15, 0.2) is 32.8 Å². The van der Waals surface area contributed by atoms with E-state index in [1.807, 2.05) is 4.57 Å². The molecule has 1 fully saturated rings. The number of aromatic amines is 1. The van der Waals surface area contributed by atoms with Crippen molar-refractivity contribution in [3.05, 3.63) is 49.7 Å². The third kappa shape index (κ3) is 3.13. The molecule has 4 rings (SSSR count). The van der Waals surface area contributed by atoms with Crippen LogP contribution in [0.2, 0.25) is 0 Å². The summed E-state index contributed by atoms with van der Waals surface area (Å²) in [7, 11) is 3.09. The molecular weight excluding hydrogens is 364 g/mol. The van der Waals surface area contributed by atoms with Crippen LogP contribution in [0, 0.1) is 0 Å². The summed E-state index contributed by atoms with van der Waals surface area (Å²) in [6, 6.07) is 3.21. The van der Waals surface area contributed by atoms with Crippen LogP contribution in [-0.4, -0.2) is 66.5 Å². The van der Waals surface area contributed by atoms with Crippen molar-refractivity contribution in [1.29, 1.82) is 0 Å². The van der Waals surface area contributed by atoms with Gasteiger partial charge in [0.2, 0.25) is 0 Å². The van der Waals surface area contributed by atoms with E-state index in [1.165, 1.54) is 17.7 Å². The number of aryl methyl sites for hydroxylation is 1. The molecule has 1 N–H and O–H groups in total. The molecule has 0 spiro atoms. The summed E-state index contributed by atoms with van der Waals surface area (Å²) in [4.78, 5) is 44.3. The van der Waals surface area contributed by atoms with Gasteiger partial charge in [0.05, 0.1) is 6.33 Å². The Morgan fingerprint density at radius 3 is 2.43 bits per heavy atom. The highest BCUT2D eigenvalue weighted by molar-refractivity contribution is 5.69. The van der Waals surface area contributed by atoms with E-state index in [-0.39, 0.29) is 16.8 Å². The molecule has 0 radical (unpaired) electrons. The average Bonchev–Trinajstić information content (AvgIpc) is 3.14. The fourth-order valence-electron chi connectivity index (χ4n) is 3.53. The zero-order valence-corrected chi connectivity index (χ0v) is 15.8. The zero-order chi connectivity index (χ0) is 19.8. The van der Waals surface area contributed by atoms with Gasteiger partial charge in [-0.15, -0.1) is 0 Å². The molecule has 0 unspecified atom stereocenters. The van der Waals surface area contributed by atoms with Gasteiger partial charge < -0.3 is 9.47 Å². The normalized spacial score (nSPS) is 15.4. The molecule has 0 bridgehead atoms. The Morgan fingerprint density at radius 1 is 1.00 bits per heavy atom. The minimum Gasteiger partial charge on any atom is -0.353 e. The molecular formula is C17H22N8O3. The minimum atomic E-state index is -0.380. The van der Waals surface area contributed by atoms with E-state index < -0.39 is 0 Å². The van der Waals surface area contributed by atoms with Gasteiger partial charge in [0.15, 0.2) is 11.2 Å². The van der Waals surface area contributed by atoms with E-state index in [9.17, 15) is 14.4 Å². The molecule has 148 valence electrons. The number of imidazole rings is 1. The van der Waals surface area contributed by atoms with E-state index in [1.54, 1.807) is 19.4 Å². The van der Waals surface area contributed by atoms with Crippen molar-refractivity contribution in [3.8, 4) is 0 Å². The van der Waals surface area contributed by atoms with Crippen LogP contribution in [0.5, 0.6) is 0 Å². The molecule has 28 heavy (non-hydrogen) atoms. The lowest BCUT2D eigenvalue weighted by Gasteiger charge is -2.35. The summed E-state index contributed by atoms with van der Waals surface area (Å²) in [5, 5.41) is 6.53. The SMILES string of the molecule is Cn1c(=O)c2c(ncn2CCN2CCN(c3ccc(=O)[nH]n3)CC2)n(C)c1=O. The first-order valence-electron chi connectivity index (χ1n) is 9.09. The Balaban J connectivity index is 1.43. The smallest absolute Gasteiger partial charge is 0.332 e. The number of nitrogens with zero attached hydrogens (tertiary/aromatic N) is 7. The molecule has 0 atom stereocenters. The van der Waals surface area contributed by atoms with Crippen molar-refractivity contribution >= 4 is 17.0 Å². The van der Waals surface area contributed by atoms with Crippen molar-refractivity contribution in [1.82, 2.24) is 33.8 Å². The van der Waals surface area contributed by atoms with Gasteiger partial charge in [0.25, 0.3) is 11.1 Å². The van der Waals surface area contributed by atoms with Gasteiger partial charge in [-0.3, -0.25) is 23.6 Å². The summed E-state index contributed by atoms with van der Waals surface area (Å²) in [6.07, 6.45) is 1.62. The zero-order valence-electron chi connectivity index (χ0n) is 15.8. The average molecular weight is 386 g/mol. The maximum absolute atomic E-state index is 12.5. The van der Waals surface area contributed by atoms with E-state index in [2.05, 4.69) is 25.0 Å². The van der Waals surface area contributed by atoms with Gasteiger partial charge in [-0.25, -0.2) is 14.9 Å². The predicted molar refractivity (Wildman–Crippen MR) is 104 cm³/mol. The quantitative estimate of drug-likeness (QED) is 0.571. The number of piperazine rings is 1. The van der Waals surface area contributed by atoms with Gasteiger partial charge in [-0.1, -0.05) is 0 Å². The first-order valence-corrected chi connectivity index (χ1v) is 9.09. The molecule has 1 aliphatic rings. The first-order chi connectivity index (χ1) is 13.5. The maximum Gasteiger partial charge on any atom is 0.332 e. The fraction of sp³-hybridized carbons (Fsp3) is 0.471. The fourth-order valence-corrected chi connectivity index (χ4v) is 3.53. The second kappa shape index (κ2) is 7.08. The van der Waals surface area contributed by atoms with Gasteiger partial charge in [-0.2, -0.15) is 5.10 Å². The van der Waals surface area contributed by atoms with Crippen molar-refractivity contribution < 1.29 is 0 Å². The molecule has 3 aromatic rings. The first kappa shape index (κ1) is 18.2. The Kier molecular flexibility index (Phi) is 4.59. The number of hydrogen-bond acceptors (Lipinski definition) is 7. The molecule has 0 aliphatic carbocycles. The van der Waals surface area contributed by atoms with Crippen LogP contribution in [-0.2, 0) is 20.6 Å². The summed E-state index contributed by atoms with van der Waals surface area (Å²) < 4.78 is 4.31. The number of H-pyrrole nitrogens is 1. The van der Waals surface area contributed by atoms with Crippen LogP contribution in [0.4, 0.5) is 5.82 Å². The molecule has 1 aliphatic heterocycles. The molecule has 3 aromatic heterocycles. The van der Waals surface area contributed by atoms with Crippen LogP contribution in [0.3, 0.4) is 0 Å². The Hall–Kier alpha value is -3.21. The summed E-state index contributed by atoms with van der Waals surface area (Å²) >= 11 is 0. The molecule has 11 heteroatoms. The predicted octanol–water partition coefficient (Wildman–Crippen LogP) is -1.66. The minimum absolute atomic E-state index is 0.210. The molecule has 0 aromatic carbocycles. The van der Waals surface area contributed by atoms with Gasteiger partial charge in [-0.05, 0) is 6.07 Å². The summed E-state index contributed by atoms with van der Waals surface area (Å²) in [6.45, 7) is 4.69. The number of rotatable bonds is 4. The largest absolute Gasteiger partial charge is 0.353 e. The lowest BCUT2D eigenvalue weighted by atomic mass is 10.3. The van der Waals surface area contributed by atoms with Gasteiger partial charge in [0.1, 0.15) is 5.82 Å². The lowest BCUT2D eigenvalue weighted by molar-refractivity contribution is 0.248. The summed E-state index contributed by atoms with van der Waals surface area (Å²) in [5.74, 6) is 0.768. The number of aromatic nitrogens is 6. The van der Waals surface area contributed by atoms with E-state index in [0.717, 1.165) is 43.1 Å². The Morgan fingerprint density at radius 2 is 1.75 bits per heavy atom. The number of nitrogens with one attached hydrogen (secondary N) is 1. The Bertz CT molecular complexity index is 1160. The van der Waals surface area contributed by atoms with Crippen molar-refractivity contribution in [2.24, 2.45) is 14.1 Å². The van der Waals surface area contributed by atoms with Crippen LogP contribution < -0.4 is 21.7 Å². The molecule has 4 heterocycles. The second-order valence-electron chi connectivity index (χ2n) is 6.92. The maximum atomic E-state index is 12.5. The highest BCUT2D eigenvalue weighted by Gasteiger charge is 2.19. The highest BCUT2D eigenvalue weighted by atomic mass is 16.2. The Labute approximate surface area is 159 Å². The standard InChI is InChI=1S/C17H22N8O3/c1-21-15-14(16(27)22(2)17(21)28)25(11-18-15)10-7-23-5-8-24(9-6-23)12-3-4-13(26)20-19-12/h3-4,11H,5-10H2,1-2H3,(H,20,26). The van der Waals surface area contributed by atoms with Crippen molar-refractivity contribution in [3.63, 3.8) is 0 Å². The van der Waals surface area contributed by atoms with Crippen LogP contribution in [0.25, 0.3) is 11.2 Å². The van der Waals surface area contributed by atoms with E-state index in [0.29, 0.717) is 17.7 Å². The highest BCUT2D eigenvalue weighted by Crippen LogP contribution is 2.11. The lowest BCUT2D eigenvalue weighted by Crippen LogP contribution is -2.47. The van der Waals surface area contributed by atoms with Gasteiger partial charge >= 0.3 is 5.69 Å². The van der Waals surface area contributed by atoms with Crippen LogP contribution in [0.1, 0.15) is 0 Å². The molecule has 11 nitrogen and oxygen atoms in total. The summed E-state index contributed by atoms with van der Waals surface area (Å²) in [5.41, 5.74) is -0.0689. The topological polar surface area (TPSA) is 114 Å². The van der Waals surface area contributed by atoms with Crippen molar-refractivity contribution in [2.75, 3.05) is 37.6 Å².